The van der Waals surface area contributed by atoms with E-state index in [-0.39, 0.29) is 11.9 Å². The van der Waals surface area contributed by atoms with Crippen molar-refractivity contribution in [2.24, 2.45) is 12.8 Å². The van der Waals surface area contributed by atoms with Crippen LogP contribution in [0.1, 0.15) is 33.3 Å². The molecule has 1 aliphatic rings. The minimum Gasteiger partial charge on any atom is -0.366 e. The Balaban J connectivity index is 1.67. The molecule has 0 spiro atoms. The number of pyridine rings is 1. The first-order chi connectivity index (χ1) is 12.0. The van der Waals surface area contributed by atoms with E-state index in [1.54, 1.807) is 30.1 Å². The van der Waals surface area contributed by atoms with Crippen LogP contribution in [0.3, 0.4) is 0 Å². The van der Waals surface area contributed by atoms with Gasteiger partial charge in [0.2, 0.25) is 5.91 Å². The zero-order valence-electron chi connectivity index (χ0n) is 14.6. The van der Waals surface area contributed by atoms with Crippen LogP contribution in [0.5, 0.6) is 0 Å². The van der Waals surface area contributed by atoms with Gasteiger partial charge >= 0.3 is 0 Å². The van der Waals surface area contributed by atoms with Gasteiger partial charge in [0.15, 0.2) is 0 Å². The number of rotatable bonds is 4. The summed E-state index contributed by atoms with van der Waals surface area (Å²) in [5.41, 5.74) is 7.32. The Labute approximate surface area is 147 Å². The fourth-order valence-electron chi connectivity index (χ4n) is 3.29. The lowest BCUT2D eigenvalue weighted by Crippen LogP contribution is -2.53. The number of nitrogens with two attached hydrogens (primary N) is 1. The van der Waals surface area contributed by atoms with Gasteiger partial charge in [-0.2, -0.15) is 0 Å². The fraction of sp³-hybridized carbons (Fsp3) is 0.389. The first-order valence-electron chi connectivity index (χ1n) is 8.34. The van der Waals surface area contributed by atoms with Gasteiger partial charge in [-0.05, 0) is 24.6 Å². The van der Waals surface area contributed by atoms with Gasteiger partial charge in [0, 0.05) is 57.9 Å². The van der Waals surface area contributed by atoms with Crippen molar-refractivity contribution in [3.8, 4) is 0 Å². The Morgan fingerprint density at radius 3 is 2.76 bits per heavy atom. The molecule has 0 aromatic carbocycles. The highest BCUT2D eigenvalue weighted by molar-refractivity contribution is 5.98. The third kappa shape index (κ3) is 3.71. The van der Waals surface area contributed by atoms with Gasteiger partial charge in [-0.3, -0.25) is 19.5 Å². The van der Waals surface area contributed by atoms with Gasteiger partial charge in [-0.1, -0.05) is 6.07 Å². The SMILES string of the molecule is CC1CN(Cc2cccnc2)CCN1C(=O)c1cc(C(N)=O)cn1C. The third-order valence-corrected chi connectivity index (χ3v) is 4.61. The summed E-state index contributed by atoms with van der Waals surface area (Å²) in [7, 11) is 1.75. The number of primary amides is 1. The summed E-state index contributed by atoms with van der Waals surface area (Å²) in [5.74, 6) is -0.590. The largest absolute Gasteiger partial charge is 0.366 e. The maximum atomic E-state index is 12.9. The summed E-state index contributed by atoms with van der Waals surface area (Å²) in [6.07, 6.45) is 5.24. The molecule has 0 aliphatic carbocycles. The third-order valence-electron chi connectivity index (χ3n) is 4.61. The van der Waals surface area contributed by atoms with E-state index < -0.39 is 5.91 Å². The van der Waals surface area contributed by atoms with Crippen molar-refractivity contribution in [3.05, 3.63) is 53.6 Å². The number of hydrogen-bond donors (Lipinski definition) is 1. The number of carbonyl (C=O) groups is 2. The van der Waals surface area contributed by atoms with Crippen LogP contribution in [-0.4, -0.2) is 56.8 Å². The molecule has 7 nitrogen and oxygen atoms in total. The van der Waals surface area contributed by atoms with E-state index in [9.17, 15) is 9.59 Å². The van der Waals surface area contributed by atoms with Gasteiger partial charge in [-0.15, -0.1) is 0 Å². The average Bonchev–Trinajstić information content (AvgIpc) is 2.97. The Bertz CT molecular complexity index is 771. The molecule has 0 saturated carbocycles. The number of amides is 2. The molecular formula is C18H23N5O2. The lowest BCUT2D eigenvalue weighted by molar-refractivity contribution is 0.0466. The Morgan fingerprint density at radius 2 is 2.16 bits per heavy atom. The molecule has 1 atom stereocenters. The highest BCUT2D eigenvalue weighted by atomic mass is 16.2. The maximum Gasteiger partial charge on any atom is 0.270 e. The van der Waals surface area contributed by atoms with E-state index in [1.165, 1.54) is 5.56 Å². The molecule has 1 saturated heterocycles. The van der Waals surface area contributed by atoms with Gasteiger partial charge in [0.25, 0.3) is 5.91 Å². The minimum absolute atomic E-state index is 0.0662. The van der Waals surface area contributed by atoms with Crippen molar-refractivity contribution in [2.75, 3.05) is 19.6 Å². The van der Waals surface area contributed by atoms with E-state index in [0.29, 0.717) is 17.8 Å². The quantitative estimate of drug-likeness (QED) is 0.894. The fourth-order valence-corrected chi connectivity index (χ4v) is 3.29. The number of aromatic nitrogens is 2. The second-order valence-electron chi connectivity index (χ2n) is 6.53. The van der Waals surface area contributed by atoms with Crippen LogP contribution >= 0.6 is 0 Å². The summed E-state index contributed by atoms with van der Waals surface area (Å²) in [6.45, 7) is 5.13. The van der Waals surface area contributed by atoms with E-state index in [0.717, 1.165) is 19.6 Å². The molecule has 1 aliphatic heterocycles. The molecule has 2 aromatic heterocycles. The molecule has 3 heterocycles. The molecule has 25 heavy (non-hydrogen) atoms. The van der Waals surface area contributed by atoms with Crippen LogP contribution in [0, 0.1) is 0 Å². The smallest absolute Gasteiger partial charge is 0.270 e. The Kier molecular flexibility index (Phi) is 4.85. The van der Waals surface area contributed by atoms with E-state index in [4.69, 9.17) is 5.73 Å². The predicted molar refractivity (Wildman–Crippen MR) is 93.9 cm³/mol. The van der Waals surface area contributed by atoms with E-state index in [1.807, 2.05) is 24.1 Å². The molecule has 2 amide bonds. The van der Waals surface area contributed by atoms with Crippen LogP contribution < -0.4 is 5.73 Å². The van der Waals surface area contributed by atoms with Crippen molar-refractivity contribution in [1.29, 1.82) is 0 Å². The number of nitrogens with zero attached hydrogens (tertiary/aromatic N) is 4. The molecule has 2 N–H and O–H groups in total. The first kappa shape index (κ1) is 17.2. The highest BCUT2D eigenvalue weighted by Crippen LogP contribution is 2.17. The van der Waals surface area contributed by atoms with Crippen molar-refractivity contribution in [2.45, 2.75) is 19.5 Å². The number of aryl methyl sites for hydroxylation is 1. The Hall–Kier alpha value is -2.67. The number of carbonyl (C=O) groups excluding carboxylic acids is 2. The van der Waals surface area contributed by atoms with Crippen molar-refractivity contribution < 1.29 is 9.59 Å². The second-order valence-corrected chi connectivity index (χ2v) is 6.53. The molecule has 2 aromatic rings. The molecule has 1 fully saturated rings. The molecule has 132 valence electrons. The summed E-state index contributed by atoms with van der Waals surface area (Å²) in [5, 5.41) is 0. The molecule has 7 heteroatoms. The van der Waals surface area contributed by atoms with Gasteiger partial charge in [-0.25, -0.2) is 0 Å². The standard InChI is InChI=1S/C18H23N5O2/c1-13-10-22(11-14-4-3-5-20-9-14)6-7-23(13)18(25)16-8-15(17(19)24)12-21(16)2/h3-5,8-9,12-13H,6-7,10-11H2,1-2H3,(H2,19,24). The molecule has 1 unspecified atom stereocenters. The van der Waals surface area contributed by atoms with Gasteiger partial charge < -0.3 is 15.2 Å². The molecule has 0 bridgehead atoms. The molecule has 3 rings (SSSR count). The van der Waals surface area contributed by atoms with Crippen molar-refractivity contribution in [3.63, 3.8) is 0 Å². The number of hydrogen-bond acceptors (Lipinski definition) is 4. The van der Waals surface area contributed by atoms with Crippen LogP contribution in [0.4, 0.5) is 0 Å². The van der Waals surface area contributed by atoms with Crippen LogP contribution in [-0.2, 0) is 13.6 Å². The van der Waals surface area contributed by atoms with Gasteiger partial charge in [0.05, 0.1) is 5.56 Å². The summed E-state index contributed by atoms with van der Waals surface area (Å²) >= 11 is 0. The lowest BCUT2D eigenvalue weighted by Gasteiger charge is -2.39. The predicted octanol–water partition coefficient (Wildman–Crippen LogP) is 0.866. The lowest BCUT2D eigenvalue weighted by atomic mass is 10.1. The Morgan fingerprint density at radius 1 is 1.36 bits per heavy atom. The zero-order valence-corrected chi connectivity index (χ0v) is 14.6. The summed E-state index contributed by atoms with van der Waals surface area (Å²) < 4.78 is 1.66. The summed E-state index contributed by atoms with van der Waals surface area (Å²) in [6, 6.07) is 5.65. The molecular weight excluding hydrogens is 318 g/mol. The second kappa shape index (κ2) is 7.06. The maximum absolute atomic E-state index is 12.9. The van der Waals surface area contributed by atoms with Crippen LogP contribution in [0.2, 0.25) is 0 Å². The molecule has 0 radical (unpaired) electrons. The first-order valence-corrected chi connectivity index (χ1v) is 8.34. The average molecular weight is 341 g/mol. The van der Waals surface area contributed by atoms with Gasteiger partial charge in [0.1, 0.15) is 5.69 Å². The zero-order chi connectivity index (χ0) is 18.0. The van der Waals surface area contributed by atoms with E-state index >= 15 is 0 Å². The van der Waals surface area contributed by atoms with Crippen LogP contribution in [0.25, 0.3) is 0 Å². The summed E-state index contributed by atoms with van der Waals surface area (Å²) in [4.78, 5) is 32.5. The van der Waals surface area contributed by atoms with Crippen LogP contribution in [0.15, 0.2) is 36.8 Å². The minimum atomic E-state index is -0.524. The van der Waals surface area contributed by atoms with Crippen molar-refractivity contribution in [1.82, 2.24) is 19.4 Å². The number of piperazine rings is 1. The van der Waals surface area contributed by atoms with Crippen molar-refractivity contribution >= 4 is 11.8 Å². The van der Waals surface area contributed by atoms with E-state index in [2.05, 4.69) is 16.0 Å². The normalized spacial score (nSPS) is 18.3. The monoisotopic (exact) mass is 341 g/mol. The highest BCUT2D eigenvalue weighted by Gasteiger charge is 2.29. The topological polar surface area (TPSA) is 84.5 Å².